The molecule has 0 aliphatic carbocycles. The lowest BCUT2D eigenvalue weighted by Gasteiger charge is -2.40. The molecule has 30 heavy (non-hydrogen) atoms. The molecule has 1 aliphatic heterocycles. The van der Waals surface area contributed by atoms with Crippen LogP contribution in [0, 0.1) is 11.3 Å². The summed E-state index contributed by atoms with van der Waals surface area (Å²) in [5.41, 5.74) is 0.919. The van der Waals surface area contributed by atoms with Crippen molar-refractivity contribution < 1.29 is 14.6 Å². The van der Waals surface area contributed by atoms with Gasteiger partial charge in [-0.1, -0.05) is 32.9 Å². The molecular weight excluding hydrogens is 378 g/mol. The third-order valence-electron chi connectivity index (χ3n) is 5.21. The fourth-order valence-electron chi connectivity index (χ4n) is 3.93. The summed E-state index contributed by atoms with van der Waals surface area (Å²) in [7, 11) is 0. The fourth-order valence-corrected chi connectivity index (χ4v) is 3.93. The second-order valence-electron chi connectivity index (χ2n) is 9.42. The van der Waals surface area contributed by atoms with Crippen molar-refractivity contribution >= 4 is 5.96 Å². The van der Waals surface area contributed by atoms with Gasteiger partial charge in [0.1, 0.15) is 5.75 Å². The van der Waals surface area contributed by atoms with E-state index in [2.05, 4.69) is 36.4 Å². The van der Waals surface area contributed by atoms with Gasteiger partial charge in [0.2, 0.25) is 0 Å². The minimum absolute atomic E-state index is 0.0978. The summed E-state index contributed by atoms with van der Waals surface area (Å²) in [5.74, 6) is 1.93. The van der Waals surface area contributed by atoms with Crippen LogP contribution in [0.3, 0.4) is 0 Å². The predicted octanol–water partition coefficient (Wildman–Crippen LogP) is 3.90. The molecule has 1 fully saturated rings. The molecule has 170 valence electrons. The molecule has 1 aromatic carbocycles. The number of ether oxygens (including phenoxy) is 2. The van der Waals surface area contributed by atoms with E-state index >= 15 is 0 Å². The molecule has 3 N–H and O–H groups in total. The molecule has 1 heterocycles. The molecule has 6 nitrogen and oxygen atoms in total. The van der Waals surface area contributed by atoms with Crippen LogP contribution in [0.4, 0.5) is 0 Å². The van der Waals surface area contributed by atoms with Crippen LogP contribution in [0.15, 0.2) is 29.3 Å². The first-order valence-corrected chi connectivity index (χ1v) is 11.3. The number of nitrogens with one attached hydrogen (secondary N) is 2. The number of hydrogen-bond donors (Lipinski definition) is 3. The normalized spacial score (nSPS) is 21.4. The molecule has 1 saturated heterocycles. The lowest BCUT2D eigenvalue weighted by Crippen LogP contribution is -2.47. The molecule has 0 amide bonds. The minimum atomic E-state index is -0.684. The van der Waals surface area contributed by atoms with Crippen molar-refractivity contribution in [2.45, 2.75) is 72.7 Å². The van der Waals surface area contributed by atoms with Gasteiger partial charge in [-0.25, -0.2) is 0 Å². The van der Waals surface area contributed by atoms with Gasteiger partial charge in [-0.3, -0.25) is 4.99 Å². The van der Waals surface area contributed by atoms with Crippen molar-refractivity contribution in [2.24, 2.45) is 16.3 Å². The molecule has 2 rings (SSSR count). The second kappa shape index (κ2) is 11.6. The topological polar surface area (TPSA) is 75.1 Å². The highest BCUT2D eigenvalue weighted by atomic mass is 16.5. The van der Waals surface area contributed by atoms with Crippen LogP contribution < -0.4 is 15.4 Å². The average Bonchev–Trinajstić information content (AvgIpc) is 2.69. The van der Waals surface area contributed by atoms with Crippen molar-refractivity contribution in [3.63, 3.8) is 0 Å². The minimum Gasteiger partial charge on any atom is -0.491 e. The molecule has 1 aromatic rings. The van der Waals surface area contributed by atoms with Gasteiger partial charge in [-0.2, -0.15) is 0 Å². The van der Waals surface area contributed by atoms with Crippen LogP contribution in [-0.4, -0.2) is 49.5 Å². The number of aliphatic hydroxyl groups is 1. The zero-order chi connectivity index (χ0) is 22.1. The van der Waals surface area contributed by atoms with Gasteiger partial charge < -0.3 is 25.2 Å². The lowest BCUT2D eigenvalue weighted by molar-refractivity contribution is -0.0835. The molecule has 0 spiro atoms. The third-order valence-corrected chi connectivity index (χ3v) is 5.21. The number of rotatable bonds is 8. The quantitative estimate of drug-likeness (QED) is 0.440. The Labute approximate surface area is 182 Å². The monoisotopic (exact) mass is 419 g/mol. The summed E-state index contributed by atoms with van der Waals surface area (Å²) in [5, 5.41) is 17.4. The standard InChI is InChI=1S/C24H41N3O3/c1-7-25-23(26-15-19-11-9-13-29-22(19)24(4,5)6)27-16-21(28)18-10-8-12-20(14-18)30-17(2)3/h8,10,12,14,17,19,21-22,28H,7,9,11,13,15-16H2,1-6H3,(H2,25,26,27). The van der Waals surface area contributed by atoms with E-state index in [0.29, 0.717) is 5.92 Å². The number of benzene rings is 1. The molecule has 3 unspecified atom stereocenters. The highest BCUT2D eigenvalue weighted by molar-refractivity contribution is 5.79. The molecule has 0 bridgehead atoms. The zero-order valence-electron chi connectivity index (χ0n) is 19.6. The summed E-state index contributed by atoms with van der Waals surface area (Å²) in [6, 6.07) is 7.59. The number of nitrogens with zero attached hydrogens (tertiary/aromatic N) is 1. The highest BCUT2D eigenvalue weighted by Gasteiger charge is 2.35. The fraction of sp³-hybridized carbons (Fsp3) is 0.708. The van der Waals surface area contributed by atoms with Gasteiger partial charge in [0, 0.05) is 25.6 Å². The average molecular weight is 420 g/mol. The zero-order valence-corrected chi connectivity index (χ0v) is 19.6. The molecule has 0 saturated carbocycles. The summed E-state index contributed by atoms with van der Waals surface area (Å²) < 4.78 is 11.8. The summed E-state index contributed by atoms with van der Waals surface area (Å²) >= 11 is 0. The van der Waals surface area contributed by atoms with Crippen LogP contribution in [0.25, 0.3) is 0 Å². The Kier molecular flexibility index (Phi) is 9.43. The smallest absolute Gasteiger partial charge is 0.191 e. The molecular formula is C24H41N3O3. The number of hydrogen-bond acceptors (Lipinski definition) is 4. The van der Waals surface area contributed by atoms with Gasteiger partial charge in [0.15, 0.2) is 5.96 Å². The SMILES string of the molecule is CCNC(=NCC(O)c1cccc(OC(C)C)c1)NCC1CCCOC1C(C)(C)C. The van der Waals surface area contributed by atoms with E-state index in [1.807, 2.05) is 45.0 Å². The number of aliphatic imine (C=N–C) groups is 1. The number of aliphatic hydroxyl groups excluding tert-OH is 1. The van der Waals surface area contributed by atoms with Gasteiger partial charge in [0.05, 0.1) is 24.9 Å². The first kappa shape index (κ1) is 24.5. The Morgan fingerprint density at radius 1 is 1.30 bits per heavy atom. The van der Waals surface area contributed by atoms with Crippen molar-refractivity contribution in [3.8, 4) is 5.75 Å². The maximum Gasteiger partial charge on any atom is 0.191 e. The maximum absolute atomic E-state index is 10.6. The first-order valence-electron chi connectivity index (χ1n) is 11.3. The Bertz CT molecular complexity index is 670. The molecule has 0 radical (unpaired) electrons. The van der Waals surface area contributed by atoms with E-state index in [1.54, 1.807) is 0 Å². The first-order chi connectivity index (χ1) is 14.2. The molecule has 1 aliphatic rings. The lowest BCUT2D eigenvalue weighted by atomic mass is 9.78. The Morgan fingerprint density at radius 3 is 2.73 bits per heavy atom. The van der Waals surface area contributed by atoms with Crippen LogP contribution in [0.1, 0.15) is 66.1 Å². The van der Waals surface area contributed by atoms with E-state index < -0.39 is 6.10 Å². The van der Waals surface area contributed by atoms with E-state index in [1.165, 1.54) is 0 Å². The second-order valence-corrected chi connectivity index (χ2v) is 9.42. The van der Waals surface area contributed by atoms with E-state index in [9.17, 15) is 5.11 Å². The largest absolute Gasteiger partial charge is 0.491 e. The molecule has 0 aromatic heterocycles. The van der Waals surface area contributed by atoms with Crippen molar-refractivity contribution in [3.05, 3.63) is 29.8 Å². The number of guanidine groups is 1. The maximum atomic E-state index is 10.6. The van der Waals surface area contributed by atoms with Crippen LogP contribution in [0.5, 0.6) is 5.75 Å². The van der Waals surface area contributed by atoms with Gasteiger partial charge >= 0.3 is 0 Å². The van der Waals surface area contributed by atoms with Crippen molar-refractivity contribution in [2.75, 3.05) is 26.2 Å². The predicted molar refractivity (Wildman–Crippen MR) is 123 cm³/mol. The Morgan fingerprint density at radius 2 is 2.07 bits per heavy atom. The van der Waals surface area contributed by atoms with Crippen molar-refractivity contribution in [1.29, 1.82) is 0 Å². The Balaban J connectivity index is 1.98. The van der Waals surface area contributed by atoms with Crippen LogP contribution in [-0.2, 0) is 4.74 Å². The molecule has 6 heteroatoms. The molecule has 3 atom stereocenters. The van der Waals surface area contributed by atoms with Crippen LogP contribution >= 0.6 is 0 Å². The third kappa shape index (κ3) is 7.80. The van der Waals surface area contributed by atoms with Gasteiger partial charge in [0.25, 0.3) is 0 Å². The summed E-state index contributed by atoms with van der Waals surface area (Å²) in [4.78, 5) is 4.61. The van der Waals surface area contributed by atoms with Gasteiger partial charge in [-0.05, 0) is 56.7 Å². The highest BCUT2D eigenvalue weighted by Crippen LogP contribution is 2.33. The summed E-state index contributed by atoms with van der Waals surface area (Å²) in [6.07, 6.45) is 1.90. The van der Waals surface area contributed by atoms with E-state index in [4.69, 9.17) is 9.47 Å². The van der Waals surface area contributed by atoms with E-state index in [-0.39, 0.29) is 24.2 Å². The summed E-state index contributed by atoms with van der Waals surface area (Å²) in [6.45, 7) is 15.4. The van der Waals surface area contributed by atoms with E-state index in [0.717, 1.165) is 49.8 Å². The van der Waals surface area contributed by atoms with Crippen LogP contribution in [0.2, 0.25) is 0 Å². The Hall–Kier alpha value is -1.79. The van der Waals surface area contributed by atoms with Gasteiger partial charge in [-0.15, -0.1) is 0 Å². The van der Waals surface area contributed by atoms with Crippen molar-refractivity contribution in [1.82, 2.24) is 10.6 Å².